The lowest BCUT2D eigenvalue weighted by atomic mass is 10.1. The molecule has 0 heterocycles. The zero-order valence-corrected chi connectivity index (χ0v) is 25.1. The molecule has 3 aromatic rings. The highest BCUT2D eigenvalue weighted by Crippen LogP contribution is 2.32. The first kappa shape index (κ1) is 31.5. The van der Waals surface area contributed by atoms with Crippen LogP contribution in [0.15, 0.2) is 83.8 Å². The van der Waals surface area contributed by atoms with Gasteiger partial charge in [0.25, 0.3) is 10.0 Å². The van der Waals surface area contributed by atoms with Gasteiger partial charge in [0.2, 0.25) is 11.8 Å². The van der Waals surface area contributed by atoms with Crippen LogP contribution in [0.2, 0.25) is 0 Å². The van der Waals surface area contributed by atoms with Crippen molar-refractivity contribution in [2.24, 2.45) is 5.92 Å². The van der Waals surface area contributed by atoms with Crippen molar-refractivity contribution in [3.05, 3.63) is 84.4 Å². The number of rotatable bonds is 14. The lowest BCUT2D eigenvalue weighted by molar-refractivity contribution is -0.140. The SMILES string of the molecule is CC[C@H](C(=O)NCC(C)C)N(Cc1cccc(OC)c1)C(=O)CN(c1ccccc1OC)S(=O)(=O)c1ccccc1. The standard InChI is InChI=1S/C31H39N3O6S/c1-6-27(31(36)32-20-23(2)3)33(21-24-13-12-14-25(19-24)39-4)30(35)22-34(28-17-10-11-18-29(28)40-5)41(37,38)26-15-8-7-9-16-26/h7-19,23,27H,6,20-22H2,1-5H3,(H,32,36)/t27-/m1/s1. The lowest BCUT2D eigenvalue weighted by Gasteiger charge is -2.33. The van der Waals surface area contributed by atoms with Gasteiger partial charge in [0.05, 0.1) is 24.8 Å². The molecule has 0 unspecified atom stereocenters. The van der Waals surface area contributed by atoms with E-state index < -0.39 is 28.5 Å². The highest BCUT2D eigenvalue weighted by atomic mass is 32.2. The monoisotopic (exact) mass is 581 g/mol. The molecule has 0 saturated heterocycles. The number of carbonyl (C=O) groups excluding carboxylic acids is 2. The zero-order chi connectivity index (χ0) is 30.0. The number of nitrogens with zero attached hydrogens (tertiary/aromatic N) is 2. The van der Waals surface area contributed by atoms with E-state index in [0.29, 0.717) is 24.5 Å². The predicted molar refractivity (Wildman–Crippen MR) is 159 cm³/mol. The van der Waals surface area contributed by atoms with Crippen LogP contribution in [-0.2, 0) is 26.2 Å². The van der Waals surface area contributed by atoms with Crippen LogP contribution in [0.1, 0.15) is 32.8 Å². The maximum atomic E-state index is 14.2. The molecule has 0 saturated carbocycles. The van der Waals surface area contributed by atoms with Crippen molar-refractivity contribution in [2.45, 2.75) is 44.7 Å². The molecule has 10 heteroatoms. The van der Waals surface area contributed by atoms with Crippen LogP contribution in [0.3, 0.4) is 0 Å². The first-order chi connectivity index (χ1) is 19.6. The summed E-state index contributed by atoms with van der Waals surface area (Å²) in [6.07, 6.45) is 0.333. The highest BCUT2D eigenvalue weighted by Gasteiger charge is 2.34. The Labute approximate surface area is 243 Å². The average Bonchev–Trinajstić information content (AvgIpc) is 2.99. The van der Waals surface area contributed by atoms with Crippen LogP contribution < -0.4 is 19.1 Å². The summed E-state index contributed by atoms with van der Waals surface area (Å²) in [4.78, 5) is 29.0. The number of benzene rings is 3. The molecule has 9 nitrogen and oxygen atoms in total. The number of methoxy groups -OCH3 is 2. The summed E-state index contributed by atoms with van der Waals surface area (Å²) in [5.74, 6) is 0.281. The van der Waals surface area contributed by atoms with E-state index in [1.165, 1.54) is 24.1 Å². The minimum atomic E-state index is -4.19. The third kappa shape index (κ3) is 8.00. The molecule has 0 fully saturated rings. The number of anilines is 1. The molecule has 1 atom stereocenters. The minimum absolute atomic E-state index is 0.0276. The first-order valence-corrected chi connectivity index (χ1v) is 15.0. The second-order valence-corrected chi connectivity index (χ2v) is 11.8. The smallest absolute Gasteiger partial charge is 0.264 e. The molecule has 0 aliphatic carbocycles. The Bertz CT molecular complexity index is 1410. The van der Waals surface area contributed by atoms with E-state index in [0.717, 1.165) is 9.87 Å². The van der Waals surface area contributed by atoms with Gasteiger partial charge in [0.15, 0.2) is 0 Å². The Morgan fingerprint density at radius 1 is 0.902 bits per heavy atom. The van der Waals surface area contributed by atoms with E-state index in [4.69, 9.17) is 9.47 Å². The second-order valence-electron chi connectivity index (χ2n) is 9.93. The molecule has 0 aliphatic heterocycles. The Morgan fingerprint density at radius 3 is 2.22 bits per heavy atom. The molecule has 3 aromatic carbocycles. The van der Waals surface area contributed by atoms with Crippen LogP contribution in [0.5, 0.6) is 11.5 Å². The summed E-state index contributed by atoms with van der Waals surface area (Å²) >= 11 is 0. The highest BCUT2D eigenvalue weighted by molar-refractivity contribution is 7.92. The van der Waals surface area contributed by atoms with Gasteiger partial charge in [0, 0.05) is 13.1 Å². The van der Waals surface area contributed by atoms with Gasteiger partial charge in [0.1, 0.15) is 24.1 Å². The van der Waals surface area contributed by atoms with Gasteiger partial charge in [-0.15, -0.1) is 0 Å². The summed E-state index contributed by atoms with van der Waals surface area (Å²) in [5.41, 5.74) is 0.952. The van der Waals surface area contributed by atoms with Crippen molar-refractivity contribution in [3.8, 4) is 11.5 Å². The number of para-hydroxylation sites is 2. The molecule has 0 radical (unpaired) electrons. The van der Waals surface area contributed by atoms with Gasteiger partial charge in [-0.2, -0.15) is 0 Å². The van der Waals surface area contributed by atoms with Gasteiger partial charge < -0.3 is 19.7 Å². The molecule has 0 spiro atoms. The number of carbonyl (C=O) groups is 2. The maximum absolute atomic E-state index is 14.2. The summed E-state index contributed by atoms with van der Waals surface area (Å²) < 4.78 is 39.8. The number of amides is 2. The fraction of sp³-hybridized carbons (Fsp3) is 0.355. The zero-order valence-electron chi connectivity index (χ0n) is 24.2. The van der Waals surface area contributed by atoms with Gasteiger partial charge in [-0.1, -0.05) is 63.2 Å². The molecule has 0 aliphatic rings. The summed E-state index contributed by atoms with van der Waals surface area (Å²) in [6, 6.07) is 20.9. The van der Waals surface area contributed by atoms with E-state index in [9.17, 15) is 18.0 Å². The van der Waals surface area contributed by atoms with Crippen molar-refractivity contribution >= 4 is 27.5 Å². The number of hydrogen-bond acceptors (Lipinski definition) is 6. The fourth-order valence-electron chi connectivity index (χ4n) is 4.38. The van der Waals surface area contributed by atoms with Gasteiger partial charge in [-0.05, 0) is 54.3 Å². The Balaban J connectivity index is 2.08. The van der Waals surface area contributed by atoms with Gasteiger partial charge >= 0.3 is 0 Å². The molecule has 3 rings (SSSR count). The van der Waals surface area contributed by atoms with Crippen molar-refractivity contribution in [1.82, 2.24) is 10.2 Å². The lowest BCUT2D eigenvalue weighted by Crippen LogP contribution is -2.52. The molecule has 0 bridgehead atoms. The maximum Gasteiger partial charge on any atom is 0.264 e. The molecular formula is C31H39N3O6S. The molecular weight excluding hydrogens is 542 g/mol. The van der Waals surface area contributed by atoms with Crippen LogP contribution in [0.25, 0.3) is 0 Å². The number of ether oxygens (including phenoxy) is 2. The third-order valence-corrected chi connectivity index (χ3v) is 8.30. The van der Waals surface area contributed by atoms with Gasteiger partial charge in [-0.3, -0.25) is 13.9 Å². The van der Waals surface area contributed by atoms with Crippen molar-refractivity contribution in [3.63, 3.8) is 0 Å². The largest absolute Gasteiger partial charge is 0.497 e. The Hall–Kier alpha value is -4.05. The van der Waals surface area contributed by atoms with E-state index in [-0.39, 0.29) is 29.0 Å². The van der Waals surface area contributed by atoms with Crippen molar-refractivity contribution < 1.29 is 27.5 Å². The molecule has 2 amide bonds. The minimum Gasteiger partial charge on any atom is -0.497 e. The van der Waals surface area contributed by atoms with Crippen LogP contribution in [-0.4, -0.2) is 58.5 Å². The first-order valence-electron chi connectivity index (χ1n) is 13.5. The van der Waals surface area contributed by atoms with E-state index in [1.807, 2.05) is 26.8 Å². The van der Waals surface area contributed by atoms with Crippen molar-refractivity contribution in [2.75, 3.05) is 31.6 Å². The average molecular weight is 582 g/mol. The van der Waals surface area contributed by atoms with Crippen molar-refractivity contribution in [1.29, 1.82) is 0 Å². The molecule has 220 valence electrons. The summed E-state index contributed by atoms with van der Waals surface area (Å²) in [7, 11) is -1.20. The van der Waals surface area contributed by atoms with E-state index in [1.54, 1.807) is 67.8 Å². The molecule has 0 aromatic heterocycles. The fourth-order valence-corrected chi connectivity index (χ4v) is 5.82. The van der Waals surface area contributed by atoms with Crippen LogP contribution >= 0.6 is 0 Å². The van der Waals surface area contributed by atoms with Gasteiger partial charge in [-0.25, -0.2) is 8.42 Å². The van der Waals surface area contributed by atoms with Crippen LogP contribution in [0, 0.1) is 5.92 Å². The molecule has 41 heavy (non-hydrogen) atoms. The molecule has 1 N–H and O–H groups in total. The number of sulfonamides is 1. The van der Waals surface area contributed by atoms with Crippen LogP contribution in [0.4, 0.5) is 5.69 Å². The van der Waals surface area contributed by atoms with E-state index in [2.05, 4.69) is 5.32 Å². The number of hydrogen-bond donors (Lipinski definition) is 1. The number of nitrogens with one attached hydrogen (secondary N) is 1. The topological polar surface area (TPSA) is 105 Å². The predicted octanol–water partition coefficient (Wildman–Crippen LogP) is 4.48. The quantitative estimate of drug-likeness (QED) is 0.301. The normalized spacial score (nSPS) is 12.0. The summed E-state index contributed by atoms with van der Waals surface area (Å²) in [5, 5.41) is 2.93. The Kier molecular flexibility index (Phi) is 11.2. The second kappa shape index (κ2) is 14.5. The summed E-state index contributed by atoms with van der Waals surface area (Å²) in [6.45, 7) is 5.78. The third-order valence-electron chi connectivity index (χ3n) is 6.52. The Morgan fingerprint density at radius 2 is 1.59 bits per heavy atom. The van der Waals surface area contributed by atoms with E-state index >= 15 is 0 Å².